The molecule has 2 aromatic carbocycles. The van der Waals surface area contributed by atoms with Gasteiger partial charge in [-0.15, -0.1) is 0 Å². The standard InChI is InChI=1S/C19H21ClN2O2/c20-17-8-6-16(7-9-17)19(23)22(18-4-2-1-3-5-18)11-10-21-12-14-24-15-13-21/h1-9H,10-15H2. The number of rotatable bonds is 5. The zero-order chi connectivity index (χ0) is 16.8. The lowest BCUT2D eigenvalue weighted by Crippen LogP contribution is -2.43. The minimum absolute atomic E-state index is 0.00822. The summed E-state index contributed by atoms with van der Waals surface area (Å²) in [6, 6.07) is 16.8. The Bertz CT molecular complexity index is 655. The van der Waals surface area contributed by atoms with Gasteiger partial charge in [0, 0.05) is 42.5 Å². The monoisotopic (exact) mass is 344 g/mol. The number of ether oxygens (including phenoxy) is 1. The van der Waals surface area contributed by atoms with Crippen molar-refractivity contribution in [2.45, 2.75) is 0 Å². The number of anilines is 1. The summed E-state index contributed by atoms with van der Waals surface area (Å²) < 4.78 is 5.38. The van der Waals surface area contributed by atoms with Gasteiger partial charge in [-0.3, -0.25) is 9.69 Å². The van der Waals surface area contributed by atoms with Gasteiger partial charge >= 0.3 is 0 Å². The molecule has 0 saturated carbocycles. The number of benzene rings is 2. The number of nitrogens with zero attached hydrogens (tertiary/aromatic N) is 2. The Kier molecular flexibility index (Phi) is 5.86. The van der Waals surface area contributed by atoms with Crippen molar-refractivity contribution in [1.82, 2.24) is 4.90 Å². The molecule has 0 N–H and O–H groups in total. The third kappa shape index (κ3) is 4.35. The van der Waals surface area contributed by atoms with Crippen molar-refractivity contribution in [2.75, 3.05) is 44.3 Å². The molecule has 1 heterocycles. The third-order valence-corrected chi connectivity index (χ3v) is 4.40. The zero-order valence-electron chi connectivity index (χ0n) is 13.5. The average molecular weight is 345 g/mol. The van der Waals surface area contributed by atoms with Crippen LogP contribution in [-0.4, -0.2) is 50.2 Å². The first-order valence-corrected chi connectivity index (χ1v) is 8.54. The Labute approximate surface area is 147 Å². The second-order valence-electron chi connectivity index (χ2n) is 5.75. The lowest BCUT2D eigenvalue weighted by Gasteiger charge is -2.30. The van der Waals surface area contributed by atoms with Gasteiger partial charge in [0.15, 0.2) is 0 Å². The van der Waals surface area contributed by atoms with Crippen LogP contribution >= 0.6 is 11.6 Å². The van der Waals surface area contributed by atoms with E-state index in [0.717, 1.165) is 38.5 Å². The molecule has 0 aliphatic carbocycles. The lowest BCUT2D eigenvalue weighted by molar-refractivity contribution is 0.0391. The fourth-order valence-electron chi connectivity index (χ4n) is 2.77. The van der Waals surface area contributed by atoms with E-state index in [1.807, 2.05) is 35.2 Å². The summed E-state index contributed by atoms with van der Waals surface area (Å²) >= 11 is 5.93. The number of amides is 1. The van der Waals surface area contributed by atoms with E-state index >= 15 is 0 Å². The second kappa shape index (κ2) is 8.29. The van der Waals surface area contributed by atoms with Crippen molar-refractivity contribution in [2.24, 2.45) is 0 Å². The normalized spacial score (nSPS) is 15.2. The van der Waals surface area contributed by atoms with E-state index in [-0.39, 0.29) is 5.91 Å². The minimum atomic E-state index is -0.00822. The quantitative estimate of drug-likeness (QED) is 0.834. The molecule has 24 heavy (non-hydrogen) atoms. The predicted molar refractivity (Wildman–Crippen MR) is 96.8 cm³/mol. The Morgan fingerprint density at radius 2 is 1.71 bits per heavy atom. The van der Waals surface area contributed by atoms with Crippen LogP contribution < -0.4 is 4.90 Å². The van der Waals surface area contributed by atoms with E-state index in [9.17, 15) is 4.79 Å². The van der Waals surface area contributed by atoms with Gasteiger partial charge in [0.1, 0.15) is 0 Å². The van der Waals surface area contributed by atoms with Gasteiger partial charge in [-0.2, -0.15) is 0 Å². The van der Waals surface area contributed by atoms with Gasteiger partial charge in [-0.05, 0) is 36.4 Å². The van der Waals surface area contributed by atoms with Crippen molar-refractivity contribution in [1.29, 1.82) is 0 Å². The van der Waals surface area contributed by atoms with E-state index < -0.39 is 0 Å². The van der Waals surface area contributed by atoms with E-state index in [0.29, 0.717) is 17.1 Å². The van der Waals surface area contributed by atoms with Gasteiger partial charge in [-0.25, -0.2) is 0 Å². The summed E-state index contributed by atoms with van der Waals surface area (Å²) in [5.74, 6) is -0.00822. The lowest BCUT2D eigenvalue weighted by atomic mass is 10.1. The molecule has 0 spiro atoms. The van der Waals surface area contributed by atoms with Crippen LogP contribution in [0.1, 0.15) is 10.4 Å². The van der Waals surface area contributed by atoms with Crippen LogP contribution in [-0.2, 0) is 4.74 Å². The molecule has 0 bridgehead atoms. The van der Waals surface area contributed by atoms with Gasteiger partial charge in [0.2, 0.25) is 0 Å². The Balaban J connectivity index is 1.76. The number of hydrogen-bond acceptors (Lipinski definition) is 3. The number of hydrogen-bond donors (Lipinski definition) is 0. The van der Waals surface area contributed by atoms with Crippen LogP contribution in [0.25, 0.3) is 0 Å². The van der Waals surface area contributed by atoms with Crippen molar-refractivity contribution in [3.63, 3.8) is 0 Å². The summed E-state index contributed by atoms with van der Waals surface area (Å²) in [6.45, 7) is 4.82. The molecule has 0 atom stereocenters. The van der Waals surface area contributed by atoms with Crippen LogP contribution in [0.3, 0.4) is 0 Å². The zero-order valence-corrected chi connectivity index (χ0v) is 14.3. The maximum atomic E-state index is 13.0. The highest BCUT2D eigenvalue weighted by molar-refractivity contribution is 6.30. The Hall–Kier alpha value is -1.88. The molecule has 1 aliphatic rings. The molecule has 4 nitrogen and oxygen atoms in total. The molecule has 1 amide bonds. The topological polar surface area (TPSA) is 32.8 Å². The highest BCUT2D eigenvalue weighted by atomic mass is 35.5. The first kappa shape index (κ1) is 17.0. The molecule has 5 heteroatoms. The van der Waals surface area contributed by atoms with Crippen molar-refractivity contribution in [3.8, 4) is 0 Å². The molecule has 126 valence electrons. The largest absolute Gasteiger partial charge is 0.379 e. The van der Waals surface area contributed by atoms with E-state index in [4.69, 9.17) is 16.3 Å². The highest BCUT2D eigenvalue weighted by Gasteiger charge is 2.19. The second-order valence-corrected chi connectivity index (χ2v) is 6.19. The van der Waals surface area contributed by atoms with Gasteiger partial charge in [0.25, 0.3) is 5.91 Å². The molecule has 0 unspecified atom stereocenters. The van der Waals surface area contributed by atoms with Crippen LogP contribution in [0.5, 0.6) is 0 Å². The Morgan fingerprint density at radius 1 is 1.04 bits per heavy atom. The Morgan fingerprint density at radius 3 is 2.38 bits per heavy atom. The molecule has 0 aromatic heterocycles. The van der Waals surface area contributed by atoms with E-state index in [1.54, 1.807) is 24.3 Å². The molecule has 1 saturated heterocycles. The smallest absolute Gasteiger partial charge is 0.258 e. The number of para-hydroxylation sites is 1. The van der Waals surface area contributed by atoms with Crippen molar-refractivity contribution < 1.29 is 9.53 Å². The summed E-state index contributed by atoms with van der Waals surface area (Å²) in [5, 5.41) is 0.631. The van der Waals surface area contributed by atoms with Crippen LogP contribution in [0, 0.1) is 0 Å². The minimum Gasteiger partial charge on any atom is -0.379 e. The van der Waals surface area contributed by atoms with Crippen LogP contribution in [0.15, 0.2) is 54.6 Å². The van der Waals surface area contributed by atoms with Crippen LogP contribution in [0.2, 0.25) is 5.02 Å². The highest BCUT2D eigenvalue weighted by Crippen LogP contribution is 2.18. The predicted octanol–water partition coefficient (Wildman–Crippen LogP) is 3.32. The van der Waals surface area contributed by atoms with Crippen molar-refractivity contribution in [3.05, 3.63) is 65.2 Å². The molecule has 3 rings (SSSR count). The molecule has 0 radical (unpaired) electrons. The maximum Gasteiger partial charge on any atom is 0.258 e. The molecule has 2 aromatic rings. The number of halogens is 1. The van der Waals surface area contributed by atoms with E-state index in [2.05, 4.69) is 4.90 Å². The van der Waals surface area contributed by atoms with Gasteiger partial charge in [0.05, 0.1) is 13.2 Å². The van der Waals surface area contributed by atoms with Gasteiger partial charge in [-0.1, -0.05) is 29.8 Å². The fourth-order valence-corrected chi connectivity index (χ4v) is 2.90. The van der Waals surface area contributed by atoms with Crippen LogP contribution in [0.4, 0.5) is 5.69 Å². The number of carbonyl (C=O) groups excluding carboxylic acids is 1. The first-order chi connectivity index (χ1) is 11.7. The number of morpholine rings is 1. The third-order valence-electron chi connectivity index (χ3n) is 4.15. The fraction of sp³-hybridized carbons (Fsp3) is 0.316. The van der Waals surface area contributed by atoms with E-state index in [1.165, 1.54) is 0 Å². The number of carbonyl (C=O) groups is 1. The summed E-state index contributed by atoms with van der Waals surface area (Å²) in [7, 11) is 0. The summed E-state index contributed by atoms with van der Waals surface area (Å²) in [4.78, 5) is 17.1. The summed E-state index contributed by atoms with van der Waals surface area (Å²) in [6.07, 6.45) is 0. The SMILES string of the molecule is O=C(c1ccc(Cl)cc1)N(CCN1CCOCC1)c1ccccc1. The van der Waals surface area contributed by atoms with Crippen molar-refractivity contribution >= 4 is 23.2 Å². The molecule has 1 fully saturated rings. The molecular formula is C19H21ClN2O2. The maximum absolute atomic E-state index is 13.0. The average Bonchev–Trinajstić information content (AvgIpc) is 2.64. The first-order valence-electron chi connectivity index (χ1n) is 8.16. The molecule has 1 aliphatic heterocycles. The van der Waals surface area contributed by atoms with Gasteiger partial charge < -0.3 is 9.64 Å². The summed E-state index contributed by atoms with van der Waals surface area (Å²) in [5.41, 5.74) is 1.55. The molecular weight excluding hydrogens is 324 g/mol.